The number of nitrogens with zero attached hydrogens (tertiary/aromatic N) is 6. The molecule has 0 aliphatic carbocycles. The van der Waals surface area contributed by atoms with Crippen LogP contribution >= 0.6 is 128 Å². The maximum Gasteiger partial charge on any atom is 2.00 e. The first kappa shape index (κ1) is 146. The number of halogens is 10. The van der Waals surface area contributed by atoms with Crippen LogP contribution in [-0.4, -0.2) is 259 Å². The van der Waals surface area contributed by atoms with E-state index in [0.717, 1.165) is 115 Å². The molecular formula is C93H167BBr2Cl8MgN6NaO11S. The number of Topliss-reactive ketones (excluding diaryl/α,β-unsaturated/α-hetero) is 1. The van der Waals surface area contributed by atoms with E-state index in [4.69, 9.17) is 47.2 Å². The summed E-state index contributed by atoms with van der Waals surface area (Å²) in [4.78, 5) is 23.2. The number of aliphatic hydroxyl groups is 2. The monoisotopic (exact) mass is 2070 g/mol. The molecule has 3 unspecified atom stereocenters. The summed E-state index contributed by atoms with van der Waals surface area (Å²) in [5.41, 5.74) is 4.02. The summed E-state index contributed by atoms with van der Waals surface area (Å²) in [7, 11) is 40.4. The summed E-state index contributed by atoms with van der Waals surface area (Å²) >= 11 is 10.2. The first-order valence-electron chi connectivity index (χ1n) is 41.0. The van der Waals surface area contributed by atoms with Crippen LogP contribution in [0.2, 0.25) is 0 Å². The number of phenolic OH excluding ortho intramolecular Hbond substituents is 1. The molecular weight excluding hydrogens is 1910 g/mol. The van der Waals surface area contributed by atoms with Gasteiger partial charge < -0.3 is 77.4 Å². The molecule has 717 valence electrons. The van der Waals surface area contributed by atoms with Crippen molar-refractivity contribution in [3.05, 3.63) is 178 Å². The number of alkyl halides is 1. The van der Waals surface area contributed by atoms with Gasteiger partial charge in [0.15, 0.2) is 0 Å². The van der Waals surface area contributed by atoms with E-state index in [9.17, 15) is 20.1 Å². The molecule has 3 N–H and O–H groups in total. The Morgan fingerprint density at radius 1 is 0.500 bits per heavy atom. The summed E-state index contributed by atoms with van der Waals surface area (Å²) in [6.45, 7) is 32.9. The van der Waals surface area contributed by atoms with Gasteiger partial charge in [-0.3, -0.25) is 4.79 Å². The van der Waals surface area contributed by atoms with E-state index in [-0.39, 0.29) is 180 Å². The zero-order chi connectivity index (χ0) is 89.5. The van der Waals surface area contributed by atoms with Crippen molar-refractivity contribution in [1.29, 1.82) is 0 Å². The molecule has 0 aromatic heterocycles. The van der Waals surface area contributed by atoms with Crippen molar-refractivity contribution in [2.45, 2.75) is 163 Å². The van der Waals surface area contributed by atoms with Gasteiger partial charge in [0.05, 0.1) is 51.6 Å². The standard InChI is InChI=1S/C15H24ClNO.2C15H25NO2.C15H25NO.C14H23NO.C7H7BrO.C7H15NO.C4H8O.CH4.B.BrH.Cl2OS.5ClH.Mg.Na.H2.3H/c1-6-15(16,12(2)11-17(3)4)13-8-7-9-14(10-13)18-5;2*1-6-15(17,12(2)11-16(3)4)13-8-7-9-14(10-13)18-5;1-6-15(12(2)11-16(3)4)13-8-7-9-14(10-13)17-5;1-5-14(11(2)10-15(3)4)12-7-6-8-13(16)9-12;1-9-7-4-2-3-6(8)5-7;1-6(7(2)9)5-8(3)4;1-2-4-5-3-1;;;;1-4(2)3;;;;;;;;;;;/h7-10,12H,6,11H2,1-5H3;2*7-10,12,17H,6,11H2,1-5H3;7-10,12,15H,6,11H2,1-5H3;6-9,11,14,16H,5,10H2,1-4H3;2-5H,1H3;6H,5H2,1-4H3;1-4H2;1H4;;1H;;5*1H;;;1H;;;/q;;;;;;;;;;;;;;;;;+2;+1;;3*-1/t2*12-,15+;;12-,15+;11-,14+;;;;;;;;;;;;;;;;;;/m00.00................../s1/i;;;;;;;;;;;;;;;;;;;1+2D;;;. The van der Waals surface area contributed by atoms with Gasteiger partial charge in [0.1, 0.15) is 40.3 Å². The van der Waals surface area contributed by atoms with E-state index in [1.807, 2.05) is 177 Å². The van der Waals surface area contributed by atoms with Crippen LogP contribution in [0.25, 0.3) is 0 Å². The molecule has 1 heterocycles. The third kappa shape index (κ3) is 62.2. The van der Waals surface area contributed by atoms with Gasteiger partial charge in [-0.2, -0.15) is 0 Å². The van der Waals surface area contributed by atoms with E-state index in [0.29, 0.717) is 48.2 Å². The predicted octanol–water partition coefficient (Wildman–Crippen LogP) is 20.4. The first-order chi connectivity index (χ1) is 54.5. The average Bonchev–Trinajstić information content (AvgIpc) is 1.17. The van der Waals surface area contributed by atoms with Gasteiger partial charge in [0.2, 0.25) is 9.23 Å². The van der Waals surface area contributed by atoms with Gasteiger partial charge in [0, 0.05) is 107 Å². The van der Waals surface area contributed by atoms with Crippen molar-refractivity contribution in [2.75, 3.05) is 173 Å². The number of rotatable bonds is 33. The Morgan fingerprint density at radius 3 is 1.04 bits per heavy atom. The van der Waals surface area contributed by atoms with Crippen LogP contribution in [0.15, 0.2) is 150 Å². The van der Waals surface area contributed by atoms with Crippen LogP contribution < -0.4 is 53.2 Å². The SMILES string of the molecule is Br.C.C1CCOC1.CC(=O)C(C)CN(C)C.CCC(O)(c1cccc(OC)c1)C(C)CN(C)C.CC[C@@H](c1cccc(O)c1)[C@@H](C)CN(C)C.CC[C@@H](c1cccc(OC)c1)[C@@H](C)CN(C)C.CC[C@](Cl)(c1cccc(OC)c1)[C@@H](C)CN(C)C.CC[C@](O)(c1cccc(OC)c1)[C@@H](C)CN(C)C.COc1cccc(Br)c1.Cl.Cl.Cl.Cl.Cl.O=S(Cl)Cl.[2H][3H].[B].[H-].[H-].[H-].[Mg+2].[Na+]. The Morgan fingerprint density at radius 2 is 0.782 bits per heavy atom. The number of hydrogen-bond acceptors (Lipinski definition) is 17. The third-order valence-electron chi connectivity index (χ3n) is 20.2. The van der Waals surface area contributed by atoms with Crippen LogP contribution in [0.3, 0.4) is 0 Å². The minimum absolute atomic E-state index is 0. The molecule has 17 nitrogen and oxygen atoms in total. The Hall–Kier alpha value is -1.31. The minimum Gasteiger partial charge on any atom is -1.00 e. The number of carbonyl (C=O) groups excluding carboxylic acids is 1. The molecule has 1 saturated heterocycles. The van der Waals surface area contributed by atoms with Crippen molar-refractivity contribution in [2.24, 2.45) is 35.5 Å². The molecule has 6 aromatic rings. The molecule has 1 aliphatic heterocycles. The molecule has 1 fully saturated rings. The van der Waals surface area contributed by atoms with Crippen LogP contribution in [-0.2, 0) is 34.8 Å². The van der Waals surface area contributed by atoms with Gasteiger partial charge in [-0.25, -0.2) is 4.21 Å². The fraction of sp³-hybridized carbons (Fsp3) is 0.602. The molecule has 31 heteroatoms. The van der Waals surface area contributed by atoms with Crippen LogP contribution in [0.4, 0.5) is 0 Å². The molecule has 0 saturated carbocycles. The second kappa shape index (κ2) is 83.5. The minimum atomic E-state index is -1.67. The van der Waals surface area contributed by atoms with E-state index in [2.05, 4.69) is 190 Å². The number of ketones is 1. The van der Waals surface area contributed by atoms with Crippen LogP contribution in [0, 0.1) is 35.5 Å². The summed E-state index contributed by atoms with van der Waals surface area (Å²) in [6, 6.07) is 47.4. The Bertz CT molecular complexity index is 3390. The number of benzene rings is 6. The summed E-state index contributed by atoms with van der Waals surface area (Å²) in [6.07, 6.45) is 7.11. The number of carbonyl (C=O) groups is 1. The van der Waals surface area contributed by atoms with E-state index in [1.165, 1.54) is 30.4 Å². The van der Waals surface area contributed by atoms with E-state index < -0.39 is 20.4 Å². The van der Waals surface area contributed by atoms with Crippen LogP contribution in [0.5, 0.6) is 34.5 Å². The topological polar surface area (TPSA) is 170 Å². The molecule has 0 bridgehead atoms. The van der Waals surface area contributed by atoms with Crippen molar-refractivity contribution >= 4 is 174 Å². The predicted molar refractivity (Wildman–Crippen MR) is 560 cm³/mol. The Balaban J connectivity index is -0.0000000802. The van der Waals surface area contributed by atoms with Gasteiger partial charge in [0.25, 0.3) is 0 Å². The van der Waals surface area contributed by atoms with Gasteiger partial charge in [-0.15, -0.1) is 90.6 Å². The average molecular weight is 2080 g/mol. The Kier molecular flexibility index (Phi) is 98.1. The van der Waals surface area contributed by atoms with Crippen molar-refractivity contribution in [3.63, 3.8) is 0 Å². The maximum atomic E-state index is 10.9. The number of hydrogen-bond donors (Lipinski definition) is 3. The fourth-order valence-electron chi connectivity index (χ4n) is 14.0. The van der Waals surface area contributed by atoms with Crippen molar-refractivity contribution < 1.29 is 89.6 Å². The fourth-order valence-corrected chi connectivity index (χ4v) is 14.6. The number of methoxy groups -OCH3 is 5. The van der Waals surface area contributed by atoms with Gasteiger partial charge >= 0.3 is 52.6 Å². The zero-order valence-corrected chi connectivity index (χ0v) is 93.9. The molecule has 0 spiro atoms. The van der Waals surface area contributed by atoms with E-state index in [1.54, 1.807) is 48.5 Å². The summed E-state index contributed by atoms with van der Waals surface area (Å²) < 4.78 is 51.1. The molecule has 7 rings (SSSR count). The largest absolute Gasteiger partial charge is 2.00 e. The van der Waals surface area contributed by atoms with Gasteiger partial charge in [-0.1, -0.05) is 166 Å². The van der Waals surface area contributed by atoms with Crippen molar-refractivity contribution in [1.82, 2.24) is 29.4 Å². The molecule has 124 heavy (non-hydrogen) atoms. The van der Waals surface area contributed by atoms with Gasteiger partial charge in [-0.05, 0) is 273 Å². The smallest absolute Gasteiger partial charge is 1.00 e. The normalized spacial score (nSPS) is 14.1. The quantitative estimate of drug-likeness (QED) is 0.0202. The molecule has 11 atom stereocenters. The first-order valence-corrected chi connectivity index (χ1v) is 44.0. The summed E-state index contributed by atoms with van der Waals surface area (Å²) in [5, 5.41) is 31.4. The number of ether oxygens (including phenoxy) is 6. The molecule has 6 aromatic carbocycles. The van der Waals surface area contributed by atoms with Crippen molar-refractivity contribution in [3.8, 4) is 34.5 Å². The molecule has 1 aliphatic rings. The number of aromatic hydroxyl groups is 1. The van der Waals surface area contributed by atoms with Crippen LogP contribution in [0.1, 0.15) is 182 Å². The Labute approximate surface area is 868 Å². The second-order valence-electron chi connectivity index (χ2n) is 31.3. The number of phenols is 1. The third-order valence-corrected chi connectivity index (χ3v) is 21.5. The molecule has 0 amide bonds. The molecule has 3 radical (unpaired) electrons. The maximum absolute atomic E-state index is 10.9. The zero-order valence-electron chi connectivity index (χ0n) is 85.0. The second-order valence-corrected chi connectivity index (χ2v) is 35.4. The van der Waals surface area contributed by atoms with E-state index >= 15 is 0 Å². The summed E-state index contributed by atoms with van der Waals surface area (Å²) in [5.74, 6) is 8.15.